The molecule has 4 N–H and O–H groups in total. The highest BCUT2D eigenvalue weighted by molar-refractivity contribution is 7.89. The topological polar surface area (TPSA) is 134 Å². The van der Waals surface area contributed by atoms with Gasteiger partial charge >= 0.3 is 0 Å². The summed E-state index contributed by atoms with van der Waals surface area (Å²) in [4.78, 5) is 15.9. The molecular weight excluding hydrogens is 414 g/mol. The van der Waals surface area contributed by atoms with E-state index in [9.17, 15) is 13.2 Å². The van der Waals surface area contributed by atoms with Gasteiger partial charge in [-0.2, -0.15) is 5.10 Å². The fourth-order valence-corrected chi connectivity index (χ4v) is 3.80. The number of aryl methyl sites for hydroxylation is 1. The second-order valence-electron chi connectivity index (χ2n) is 7.00. The largest absolute Gasteiger partial charge is 0.364 e. The van der Waals surface area contributed by atoms with Gasteiger partial charge in [0.15, 0.2) is 5.69 Å². The molecule has 0 saturated carbocycles. The van der Waals surface area contributed by atoms with E-state index in [1.165, 1.54) is 12.1 Å². The Kier molecular flexibility index (Phi) is 5.14. The van der Waals surface area contributed by atoms with Crippen molar-refractivity contribution in [3.63, 3.8) is 0 Å². The number of aromatic nitrogens is 3. The van der Waals surface area contributed by atoms with Crippen molar-refractivity contribution in [1.29, 1.82) is 0 Å². The zero-order valence-corrected chi connectivity index (χ0v) is 17.4. The van der Waals surface area contributed by atoms with Gasteiger partial charge in [0.1, 0.15) is 0 Å². The fourth-order valence-electron chi connectivity index (χ4n) is 3.29. The predicted molar refractivity (Wildman–Crippen MR) is 117 cm³/mol. The van der Waals surface area contributed by atoms with Crippen molar-refractivity contribution >= 4 is 15.9 Å². The van der Waals surface area contributed by atoms with Crippen LogP contribution in [-0.4, -0.2) is 29.1 Å². The van der Waals surface area contributed by atoms with Crippen LogP contribution in [0.15, 0.2) is 78.0 Å². The van der Waals surface area contributed by atoms with Crippen molar-refractivity contribution < 1.29 is 13.2 Å². The number of hydrogen-bond acceptors (Lipinski definition) is 5. The van der Waals surface area contributed by atoms with Gasteiger partial charge in [-0.15, -0.1) is 0 Å². The van der Waals surface area contributed by atoms with E-state index in [-0.39, 0.29) is 10.6 Å². The minimum Gasteiger partial charge on any atom is -0.364 e. The SMILES string of the molecule is Cc1ccc(-c2ccncc2)cc1-c1cc(C(N)=O)nn1-c1ccc(S(N)(=O)=O)cc1. The lowest BCUT2D eigenvalue weighted by atomic mass is 9.98. The first-order valence-corrected chi connectivity index (χ1v) is 10.8. The lowest BCUT2D eigenvalue weighted by Gasteiger charge is -2.12. The second-order valence-corrected chi connectivity index (χ2v) is 8.56. The molecule has 0 bridgehead atoms. The summed E-state index contributed by atoms with van der Waals surface area (Å²) in [6, 6.07) is 17.4. The molecule has 8 nitrogen and oxygen atoms in total. The number of primary amides is 1. The number of pyridine rings is 1. The highest BCUT2D eigenvalue weighted by Crippen LogP contribution is 2.31. The summed E-state index contributed by atoms with van der Waals surface area (Å²) in [6.45, 7) is 1.96. The molecule has 0 fully saturated rings. The van der Waals surface area contributed by atoms with Crippen molar-refractivity contribution in [3.8, 4) is 28.1 Å². The summed E-state index contributed by atoms with van der Waals surface area (Å²) in [5.74, 6) is -0.663. The Balaban J connectivity index is 1.89. The number of carbonyl (C=O) groups is 1. The van der Waals surface area contributed by atoms with E-state index in [0.717, 1.165) is 22.3 Å². The van der Waals surface area contributed by atoms with Crippen LogP contribution in [0.4, 0.5) is 0 Å². The van der Waals surface area contributed by atoms with Crippen LogP contribution in [0.3, 0.4) is 0 Å². The molecule has 0 aliphatic rings. The molecule has 156 valence electrons. The third-order valence-corrected chi connectivity index (χ3v) is 5.83. The van der Waals surface area contributed by atoms with Crippen LogP contribution < -0.4 is 10.9 Å². The van der Waals surface area contributed by atoms with Gasteiger partial charge < -0.3 is 5.73 Å². The number of rotatable bonds is 5. The van der Waals surface area contributed by atoms with Crippen molar-refractivity contribution in [3.05, 3.63) is 84.3 Å². The Labute approximate surface area is 179 Å². The van der Waals surface area contributed by atoms with Crippen LogP contribution in [0, 0.1) is 6.92 Å². The van der Waals surface area contributed by atoms with Crippen LogP contribution in [-0.2, 0) is 10.0 Å². The summed E-state index contributed by atoms with van der Waals surface area (Å²) in [7, 11) is -3.82. The normalized spacial score (nSPS) is 11.4. The molecule has 0 atom stereocenters. The lowest BCUT2D eigenvalue weighted by molar-refractivity contribution is 0.0995. The van der Waals surface area contributed by atoms with Crippen molar-refractivity contribution in [2.75, 3.05) is 0 Å². The summed E-state index contributed by atoms with van der Waals surface area (Å²) in [5.41, 5.74) is 10.6. The molecule has 2 heterocycles. The van der Waals surface area contributed by atoms with Crippen LogP contribution in [0.5, 0.6) is 0 Å². The predicted octanol–water partition coefficient (Wildman–Crippen LogP) is 2.66. The minimum atomic E-state index is -3.82. The summed E-state index contributed by atoms with van der Waals surface area (Å²) >= 11 is 0. The van der Waals surface area contributed by atoms with Gasteiger partial charge in [0.25, 0.3) is 5.91 Å². The molecule has 0 aliphatic heterocycles. The van der Waals surface area contributed by atoms with E-state index in [2.05, 4.69) is 10.1 Å². The van der Waals surface area contributed by atoms with E-state index in [1.54, 1.807) is 35.3 Å². The van der Waals surface area contributed by atoms with E-state index in [4.69, 9.17) is 10.9 Å². The van der Waals surface area contributed by atoms with E-state index in [0.29, 0.717) is 11.4 Å². The zero-order chi connectivity index (χ0) is 22.2. The maximum absolute atomic E-state index is 11.8. The standard InChI is InChI=1S/C22H19N5O3S/c1-14-2-3-16(15-8-10-25-11-9-15)12-19(14)21-13-20(22(23)28)26-27(21)17-4-6-18(7-5-17)31(24,29)30/h2-13H,1H3,(H2,23,28)(H2,24,29,30). The number of nitrogens with zero attached hydrogens (tertiary/aromatic N) is 3. The first kappa shape index (κ1) is 20.5. The van der Waals surface area contributed by atoms with Crippen molar-refractivity contribution in [2.45, 2.75) is 11.8 Å². The number of amides is 1. The Morgan fingerprint density at radius 2 is 1.61 bits per heavy atom. The average Bonchev–Trinajstić information content (AvgIpc) is 3.20. The van der Waals surface area contributed by atoms with Crippen LogP contribution in [0.25, 0.3) is 28.1 Å². The number of sulfonamides is 1. The molecular formula is C22H19N5O3S. The monoisotopic (exact) mass is 433 g/mol. The molecule has 0 aliphatic carbocycles. The zero-order valence-electron chi connectivity index (χ0n) is 16.6. The molecule has 2 aromatic heterocycles. The quantitative estimate of drug-likeness (QED) is 0.499. The molecule has 31 heavy (non-hydrogen) atoms. The van der Waals surface area contributed by atoms with Gasteiger partial charge in [-0.25, -0.2) is 18.2 Å². The molecule has 9 heteroatoms. The Morgan fingerprint density at radius 3 is 2.23 bits per heavy atom. The second kappa shape index (κ2) is 7.78. The lowest BCUT2D eigenvalue weighted by Crippen LogP contribution is -2.13. The van der Waals surface area contributed by atoms with Gasteiger partial charge in [0, 0.05) is 18.0 Å². The number of primary sulfonamides is 1. The maximum atomic E-state index is 11.8. The van der Waals surface area contributed by atoms with Crippen molar-refractivity contribution in [1.82, 2.24) is 14.8 Å². The highest BCUT2D eigenvalue weighted by Gasteiger charge is 2.18. The Hall–Kier alpha value is -3.82. The molecule has 4 aromatic rings. The van der Waals surface area contributed by atoms with Gasteiger partial charge in [0.2, 0.25) is 10.0 Å². The van der Waals surface area contributed by atoms with E-state index < -0.39 is 15.9 Å². The molecule has 0 saturated heterocycles. The molecule has 4 rings (SSSR count). The van der Waals surface area contributed by atoms with Gasteiger partial charge in [0.05, 0.1) is 16.3 Å². The van der Waals surface area contributed by atoms with Gasteiger partial charge in [-0.3, -0.25) is 9.78 Å². The van der Waals surface area contributed by atoms with Crippen LogP contribution >= 0.6 is 0 Å². The van der Waals surface area contributed by atoms with Gasteiger partial charge in [-0.05, 0) is 72.1 Å². The van der Waals surface area contributed by atoms with Crippen LogP contribution in [0.2, 0.25) is 0 Å². The third-order valence-electron chi connectivity index (χ3n) is 4.90. The number of hydrogen-bond donors (Lipinski definition) is 2. The van der Waals surface area contributed by atoms with Gasteiger partial charge in [-0.1, -0.05) is 12.1 Å². The fraction of sp³-hybridized carbons (Fsp3) is 0.0455. The molecule has 2 aromatic carbocycles. The van der Waals surface area contributed by atoms with E-state index in [1.807, 2.05) is 37.3 Å². The molecule has 0 spiro atoms. The summed E-state index contributed by atoms with van der Waals surface area (Å²) < 4.78 is 24.7. The smallest absolute Gasteiger partial charge is 0.269 e. The Bertz CT molecular complexity index is 1380. The maximum Gasteiger partial charge on any atom is 0.269 e. The first-order valence-electron chi connectivity index (χ1n) is 9.28. The highest BCUT2D eigenvalue weighted by atomic mass is 32.2. The summed E-state index contributed by atoms with van der Waals surface area (Å²) in [6.07, 6.45) is 3.44. The minimum absolute atomic E-state index is 0.0176. The Morgan fingerprint density at radius 1 is 0.935 bits per heavy atom. The molecule has 0 unspecified atom stereocenters. The number of nitrogens with two attached hydrogens (primary N) is 2. The van der Waals surface area contributed by atoms with E-state index >= 15 is 0 Å². The molecule has 1 amide bonds. The average molecular weight is 433 g/mol. The number of carbonyl (C=O) groups excluding carboxylic acids is 1. The first-order chi connectivity index (χ1) is 14.7. The van der Waals surface area contributed by atoms with Crippen molar-refractivity contribution in [2.24, 2.45) is 10.9 Å². The molecule has 0 radical (unpaired) electrons. The van der Waals surface area contributed by atoms with Crippen LogP contribution in [0.1, 0.15) is 16.1 Å². The number of benzene rings is 2. The summed E-state index contributed by atoms with van der Waals surface area (Å²) in [5, 5.41) is 9.53. The third kappa shape index (κ3) is 4.09.